The quantitative estimate of drug-likeness (QED) is 0.425. The molecule has 5 nitrogen and oxygen atoms in total. The van der Waals surface area contributed by atoms with Crippen LogP contribution in [0.5, 0.6) is 11.5 Å². The molecule has 31 heavy (non-hydrogen) atoms. The van der Waals surface area contributed by atoms with Crippen molar-refractivity contribution >= 4 is 27.5 Å². The number of hydrogen-bond acceptors (Lipinski definition) is 5. The molecule has 170 valence electrons. The van der Waals surface area contributed by atoms with Gasteiger partial charge in [-0.1, -0.05) is 33.6 Å². The summed E-state index contributed by atoms with van der Waals surface area (Å²) in [7, 11) is 0. The summed E-state index contributed by atoms with van der Waals surface area (Å²) in [6.07, 6.45) is 1.09. The molecule has 1 N–H and O–H groups in total. The van der Waals surface area contributed by atoms with Crippen LogP contribution in [0.25, 0.3) is 0 Å². The Morgan fingerprint density at radius 3 is 2.65 bits per heavy atom. The molecule has 0 aliphatic carbocycles. The molecule has 1 heterocycles. The van der Waals surface area contributed by atoms with E-state index >= 15 is 0 Å². The van der Waals surface area contributed by atoms with E-state index in [0.717, 1.165) is 62.4 Å². The fourth-order valence-corrected chi connectivity index (χ4v) is 4.05. The molecule has 0 radical (unpaired) electrons. The van der Waals surface area contributed by atoms with Gasteiger partial charge in [0.15, 0.2) is 11.5 Å². The van der Waals surface area contributed by atoms with E-state index in [-0.39, 0.29) is 12.4 Å². The molecule has 0 unspecified atom stereocenters. The van der Waals surface area contributed by atoms with Crippen LogP contribution in [0.2, 0.25) is 5.02 Å². The van der Waals surface area contributed by atoms with Gasteiger partial charge >= 0.3 is 0 Å². The third kappa shape index (κ3) is 7.61. The molecule has 2 aromatic rings. The summed E-state index contributed by atoms with van der Waals surface area (Å²) in [5.74, 6) is 0.924. The lowest BCUT2D eigenvalue weighted by Gasteiger charge is -2.26. The highest BCUT2D eigenvalue weighted by Gasteiger charge is 2.13. The Bertz CT molecular complexity index is 850. The standard InChI is InChI=1S/C23H29BrClFN2O3/c1-2-30-22-12-18(15-27-6-3-7-28-8-10-29-11-9-28)20(24)14-23(22)31-16-17-4-5-19(26)13-21(17)25/h4-5,12-14,27H,2-3,6-11,15-16H2,1H3. The van der Waals surface area contributed by atoms with Gasteiger partial charge in [0.1, 0.15) is 12.4 Å². The van der Waals surface area contributed by atoms with Gasteiger partial charge in [0.2, 0.25) is 0 Å². The van der Waals surface area contributed by atoms with Crippen molar-refractivity contribution in [2.45, 2.75) is 26.5 Å². The van der Waals surface area contributed by atoms with Gasteiger partial charge in [-0.2, -0.15) is 0 Å². The molecule has 3 rings (SSSR count). The first kappa shape index (κ1) is 24.3. The number of nitrogens with one attached hydrogen (secondary N) is 1. The Labute approximate surface area is 196 Å². The molecular weight excluding hydrogens is 487 g/mol. The van der Waals surface area contributed by atoms with Crippen molar-refractivity contribution in [1.29, 1.82) is 0 Å². The maximum atomic E-state index is 13.3. The Hall–Kier alpha value is -1.38. The second-order valence-corrected chi connectivity index (χ2v) is 8.59. The Kier molecular flexibility index (Phi) is 9.87. The second kappa shape index (κ2) is 12.6. The third-order valence-electron chi connectivity index (χ3n) is 5.06. The minimum Gasteiger partial charge on any atom is -0.490 e. The molecule has 0 atom stereocenters. The van der Waals surface area contributed by atoms with Crippen LogP contribution in [0, 0.1) is 5.82 Å². The minimum absolute atomic E-state index is 0.227. The molecule has 1 aliphatic rings. The molecule has 0 spiro atoms. The van der Waals surface area contributed by atoms with Gasteiger partial charge in [-0.15, -0.1) is 0 Å². The highest BCUT2D eigenvalue weighted by atomic mass is 79.9. The van der Waals surface area contributed by atoms with Gasteiger partial charge < -0.3 is 19.5 Å². The molecule has 0 amide bonds. The first-order chi connectivity index (χ1) is 15.1. The summed E-state index contributed by atoms with van der Waals surface area (Å²) < 4.78 is 31.3. The molecule has 1 saturated heterocycles. The van der Waals surface area contributed by atoms with Crippen molar-refractivity contribution < 1.29 is 18.6 Å². The lowest BCUT2D eigenvalue weighted by Crippen LogP contribution is -2.37. The van der Waals surface area contributed by atoms with Crippen LogP contribution in [-0.2, 0) is 17.9 Å². The van der Waals surface area contributed by atoms with Crippen molar-refractivity contribution in [1.82, 2.24) is 10.2 Å². The van der Waals surface area contributed by atoms with Crippen molar-refractivity contribution in [3.8, 4) is 11.5 Å². The summed E-state index contributed by atoms with van der Waals surface area (Å²) in [6.45, 7) is 9.16. The van der Waals surface area contributed by atoms with Crippen LogP contribution in [0.4, 0.5) is 4.39 Å². The monoisotopic (exact) mass is 514 g/mol. The number of rotatable bonds is 11. The smallest absolute Gasteiger partial charge is 0.162 e. The van der Waals surface area contributed by atoms with Crippen molar-refractivity contribution in [2.75, 3.05) is 46.0 Å². The molecule has 1 fully saturated rings. The molecule has 2 aromatic carbocycles. The number of halogens is 3. The zero-order valence-corrected chi connectivity index (χ0v) is 20.1. The van der Waals surface area contributed by atoms with E-state index in [0.29, 0.717) is 28.7 Å². The van der Waals surface area contributed by atoms with E-state index in [9.17, 15) is 4.39 Å². The van der Waals surface area contributed by atoms with Crippen LogP contribution in [0.1, 0.15) is 24.5 Å². The average Bonchev–Trinajstić information content (AvgIpc) is 2.76. The SMILES string of the molecule is CCOc1cc(CNCCCN2CCOCC2)c(Br)cc1OCc1ccc(F)cc1Cl. The Morgan fingerprint density at radius 2 is 1.90 bits per heavy atom. The zero-order valence-electron chi connectivity index (χ0n) is 17.8. The van der Waals surface area contributed by atoms with Gasteiger partial charge in [0, 0.05) is 29.7 Å². The molecule has 0 aromatic heterocycles. The van der Waals surface area contributed by atoms with E-state index in [2.05, 4.69) is 26.1 Å². The lowest BCUT2D eigenvalue weighted by molar-refractivity contribution is 0.0374. The number of benzene rings is 2. The molecule has 8 heteroatoms. The van der Waals surface area contributed by atoms with Gasteiger partial charge in [-0.25, -0.2) is 4.39 Å². The maximum absolute atomic E-state index is 13.3. The fourth-order valence-electron chi connectivity index (χ4n) is 3.36. The summed E-state index contributed by atoms with van der Waals surface area (Å²) in [5.41, 5.74) is 1.81. The van der Waals surface area contributed by atoms with Crippen molar-refractivity contribution in [3.05, 3.63) is 56.8 Å². The minimum atomic E-state index is -0.367. The van der Waals surface area contributed by atoms with E-state index in [1.807, 2.05) is 19.1 Å². The highest BCUT2D eigenvalue weighted by molar-refractivity contribution is 9.10. The van der Waals surface area contributed by atoms with Crippen LogP contribution < -0.4 is 14.8 Å². The molecule has 0 saturated carbocycles. The largest absolute Gasteiger partial charge is 0.490 e. The van der Waals surface area contributed by atoms with Gasteiger partial charge in [0.25, 0.3) is 0 Å². The summed E-state index contributed by atoms with van der Waals surface area (Å²) >= 11 is 9.75. The highest BCUT2D eigenvalue weighted by Crippen LogP contribution is 2.35. The summed E-state index contributed by atoms with van der Waals surface area (Å²) in [5, 5.41) is 3.85. The molecular formula is C23H29BrClFN2O3. The van der Waals surface area contributed by atoms with E-state index < -0.39 is 0 Å². The van der Waals surface area contributed by atoms with Gasteiger partial charge in [0.05, 0.1) is 24.8 Å². The zero-order chi connectivity index (χ0) is 22.1. The van der Waals surface area contributed by atoms with Gasteiger partial charge in [-0.05, 0) is 56.3 Å². The number of morpholine rings is 1. The second-order valence-electron chi connectivity index (χ2n) is 7.33. The van der Waals surface area contributed by atoms with Crippen LogP contribution in [0.3, 0.4) is 0 Å². The van der Waals surface area contributed by atoms with Crippen LogP contribution in [-0.4, -0.2) is 50.9 Å². The predicted octanol–water partition coefficient (Wildman–Crippen LogP) is 5.03. The normalized spacial score (nSPS) is 14.6. The number of ether oxygens (including phenoxy) is 3. The number of nitrogens with zero attached hydrogens (tertiary/aromatic N) is 1. The summed E-state index contributed by atoms with van der Waals surface area (Å²) in [4.78, 5) is 2.44. The fraction of sp³-hybridized carbons (Fsp3) is 0.478. The van der Waals surface area contributed by atoms with Crippen molar-refractivity contribution in [2.24, 2.45) is 0 Å². The molecule has 0 bridgehead atoms. The lowest BCUT2D eigenvalue weighted by atomic mass is 10.2. The third-order valence-corrected chi connectivity index (χ3v) is 6.15. The van der Waals surface area contributed by atoms with E-state index in [4.69, 9.17) is 25.8 Å². The van der Waals surface area contributed by atoms with Gasteiger partial charge in [-0.3, -0.25) is 4.90 Å². The number of hydrogen-bond donors (Lipinski definition) is 1. The first-order valence-electron chi connectivity index (χ1n) is 10.6. The van der Waals surface area contributed by atoms with Crippen LogP contribution >= 0.6 is 27.5 Å². The average molecular weight is 516 g/mol. The van der Waals surface area contributed by atoms with E-state index in [1.165, 1.54) is 12.1 Å². The topological polar surface area (TPSA) is 43.0 Å². The Balaban J connectivity index is 1.54. The Morgan fingerprint density at radius 1 is 1.13 bits per heavy atom. The molecule has 1 aliphatic heterocycles. The van der Waals surface area contributed by atoms with Crippen molar-refractivity contribution in [3.63, 3.8) is 0 Å². The predicted molar refractivity (Wildman–Crippen MR) is 125 cm³/mol. The first-order valence-corrected chi connectivity index (χ1v) is 11.8. The van der Waals surface area contributed by atoms with E-state index in [1.54, 1.807) is 6.07 Å². The summed E-state index contributed by atoms with van der Waals surface area (Å²) in [6, 6.07) is 8.19. The maximum Gasteiger partial charge on any atom is 0.162 e. The van der Waals surface area contributed by atoms with Crippen LogP contribution in [0.15, 0.2) is 34.8 Å².